The second-order valence-electron chi connectivity index (χ2n) is 9.58. The maximum atomic E-state index is 11.9. The highest BCUT2D eigenvalue weighted by molar-refractivity contribution is 6.72. The molecule has 0 saturated heterocycles. The molecule has 4 rings (SSSR count). The molecular formula is C26H28O4Si. The van der Waals surface area contributed by atoms with Crippen LogP contribution in [0.4, 0.5) is 0 Å². The largest absolute Gasteiger partial charge is 0.508 e. The topological polar surface area (TPSA) is 70.7 Å². The van der Waals surface area contributed by atoms with E-state index < -0.39 is 8.32 Å². The van der Waals surface area contributed by atoms with Gasteiger partial charge < -0.3 is 14.3 Å². The molecule has 2 aromatic rings. The molecule has 5 heteroatoms. The summed E-state index contributed by atoms with van der Waals surface area (Å²) in [6.07, 6.45) is 0.808. The third-order valence-electron chi connectivity index (χ3n) is 6.54. The highest BCUT2D eigenvalue weighted by Crippen LogP contribution is 2.43. The van der Waals surface area contributed by atoms with Gasteiger partial charge in [0.25, 0.3) is 0 Å². The molecule has 31 heavy (non-hydrogen) atoms. The van der Waals surface area contributed by atoms with Gasteiger partial charge in [-0.1, -0.05) is 32.0 Å². The second kappa shape index (κ2) is 7.36. The van der Waals surface area contributed by atoms with Crippen LogP contribution in [0.1, 0.15) is 25.0 Å². The van der Waals surface area contributed by atoms with E-state index in [9.17, 15) is 14.7 Å². The lowest BCUT2D eigenvalue weighted by Crippen LogP contribution is -2.40. The number of benzene rings is 3. The minimum absolute atomic E-state index is 0.116. The fraction of sp³-hybridized carbons (Fsp3) is 0.269. The Balaban J connectivity index is 1.91. The number of aromatic hydroxyl groups is 1. The van der Waals surface area contributed by atoms with Crippen LogP contribution in [0.2, 0.25) is 18.1 Å². The zero-order valence-corrected chi connectivity index (χ0v) is 19.6. The van der Waals surface area contributed by atoms with Crippen LogP contribution in [0.25, 0.3) is 33.4 Å². The van der Waals surface area contributed by atoms with E-state index in [-0.39, 0.29) is 16.2 Å². The molecule has 0 atom stereocenters. The summed E-state index contributed by atoms with van der Waals surface area (Å²) >= 11 is 0. The van der Waals surface area contributed by atoms with Crippen molar-refractivity contribution in [3.8, 4) is 28.2 Å². The van der Waals surface area contributed by atoms with Crippen LogP contribution in [-0.2, 0) is 6.42 Å². The molecule has 0 spiro atoms. The Hall–Kier alpha value is -2.89. The van der Waals surface area contributed by atoms with Crippen LogP contribution in [0.5, 0.6) is 5.75 Å². The third-order valence-corrected chi connectivity index (χ3v) is 10.0. The number of phenolic OH excluding ortho intramolecular Hbond substituents is 1. The van der Waals surface area contributed by atoms with E-state index in [2.05, 4.69) is 39.0 Å². The normalized spacial score (nSPS) is 12.6. The first-order valence-corrected chi connectivity index (χ1v) is 13.4. The molecule has 0 bridgehead atoms. The summed E-state index contributed by atoms with van der Waals surface area (Å²) in [7, 11) is -2.31. The molecule has 0 aromatic heterocycles. The third kappa shape index (κ3) is 3.91. The smallest absolute Gasteiger partial charge is 0.188 e. The molecule has 2 aliphatic rings. The van der Waals surface area contributed by atoms with Crippen molar-refractivity contribution in [3.05, 3.63) is 75.9 Å². The molecule has 4 nitrogen and oxygen atoms in total. The minimum Gasteiger partial charge on any atom is -0.508 e. The van der Waals surface area contributed by atoms with E-state index in [1.165, 1.54) is 11.6 Å². The number of phenols is 1. The quantitative estimate of drug-likeness (QED) is 0.302. The van der Waals surface area contributed by atoms with Crippen molar-refractivity contribution >= 4 is 19.3 Å². The van der Waals surface area contributed by atoms with Crippen molar-refractivity contribution in [2.75, 3.05) is 0 Å². The van der Waals surface area contributed by atoms with Crippen LogP contribution >= 0.6 is 0 Å². The summed E-state index contributed by atoms with van der Waals surface area (Å²) < 4.78 is 5.95. The maximum Gasteiger partial charge on any atom is 0.188 e. The molecule has 1 aliphatic carbocycles. The molecule has 0 fully saturated rings. The zero-order valence-electron chi connectivity index (χ0n) is 18.6. The van der Waals surface area contributed by atoms with Gasteiger partial charge in [0.2, 0.25) is 0 Å². The van der Waals surface area contributed by atoms with Gasteiger partial charge in [-0.05, 0) is 72.4 Å². The van der Waals surface area contributed by atoms with E-state index in [0.29, 0.717) is 11.3 Å². The summed E-state index contributed by atoms with van der Waals surface area (Å²) in [5.74, 6) is 0.614. The Bertz CT molecular complexity index is 1310. The molecule has 1 aliphatic heterocycles. The molecule has 0 unspecified atom stereocenters. The highest BCUT2D eigenvalue weighted by atomic mass is 28.4. The highest BCUT2D eigenvalue weighted by Gasteiger charge is 2.38. The SMILES string of the molecule is Cc1cc(CC(C)(C)[Si](C)(C)O)ccc1-c1c2ccc(=O)cc-2oc2cc(O)ccc12. The summed E-state index contributed by atoms with van der Waals surface area (Å²) in [6, 6.07) is 16.3. The molecular weight excluding hydrogens is 404 g/mol. The molecule has 2 N–H and O–H groups in total. The standard InChI is InChI=1S/C26H28O4Si/c1-16-12-17(15-26(2,3)31(4,5)29)6-9-20(16)25-21-10-7-18(27)13-23(21)30-24-14-19(28)8-11-22(24)25/h6-14,27,29H,15H2,1-5H3. The number of hydrogen-bond donors (Lipinski definition) is 2. The average Bonchev–Trinajstić information content (AvgIpc) is 2.65. The van der Waals surface area contributed by atoms with Crippen LogP contribution < -0.4 is 5.43 Å². The fourth-order valence-electron chi connectivity index (χ4n) is 3.99. The first kappa shape index (κ1) is 21.3. The number of rotatable bonds is 4. The monoisotopic (exact) mass is 432 g/mol. The van der Waals surface area contributed by atoms with Crippen molar-refractivity contribution < 1.29 is 14.3 Å². The Kier molecular flexibility index (Phi) is 5.07. The first-order chi connectivity index (χ1) is 14.5. The van der Waals surface area contributed by atoms with Crippen molar-refractivity contribution in [1.82, 2.24) is 0 Å². The lowest BCUT2D eigenvalue weighted by molar-refractivity contribution is 0.467. The van der Waals surface area contributed by atoms with Crippen LogP contribution in [0.3, 0.4) is 0 Å². The van der Waals surface area contributed by atoms with E-state index in [1.54, 1.807) is 24.3 Å². The minimum atomic E-state index is -2.31. The van der Waals surface area contributed by atoms with Crippen molar-refractivity contribution in [1.29, 1.82) is 0 Å². The second-order valence-corrected chi connectivity index (χ2v) is 14.1. The van der Waals surface area contributed by atoms with E-state index >= 15 is 0 Å². The Labute approximate surface area is 183 Å². The zero-order chi connectivity index (χ0) is 22.6. The van der Waals surface area contributed by atoms with Gasteiger partial charge in [0, 0.05) is 28.6 Å². The van der Waals surface area contributed by atoms with Gasteiger partial charge in [0.1, 0.15) is 17.1 Å². The fourth-order valence-corrected chi connectivity index (χ4v) is 4.63. The summed E-state index contributed by atoms with van der Waals surface area (Å²) in [6.45, 7) is 10.3. The van der Waals surface area contributed by atoms with Gasteiger partial charge in [0.15, 0.2) is 13.7 Å². The van der Waals surface area contributed by atoms with Gasteiger partial charge in [-0.2, -0.15) is 0 Å². The summed E-state index contributed by atoms with van der Waals surface area (Å²) in [5.41, 5.74) is 5.61. The van der Waals surface area contributed by atoms with Crippen molar-refractivity contribution in [2.45, 2.75) is 45.3 Å². The van der Waals surface area contributed by atoms with Crippen LogP contribution in [0, 0.1) is 6.92 Å². The lowest BCUT2D eigenvalue weighted by atomic mass is 9.89. The van der Waals surface area contributed by atoms with Gasteiger partial charge in [-0.15, -0.1) is 0 Å². The van der Waals surface area contributed by atoms with Gasteiger partial charge in [0.05, 0.1) is 0 Å². The number of fused-ring (bicyclic) bond motifs is 2. The van der Waals surface area contributed by atoms with Gasteiger partial charge in [-0.3, -0.25) is 4.79 Å². The van der Waals surface area contributed by atoms with Crippen LogP contribution in [-0.4, -0.2) is 18.2 Å². The van der Waals surface area contributed by atoms with Crippen molar-refractivity contribution in [3.63, 3.8) is 0 Å². The van der Waals surface area contributed by atoms with E-state index in [4.69, 9.17) is 4.42 Å². The summed E-state index contributed by atoms with van der Waals surface area (Å²) in [5, 5.41) is 10.7. The van der Waals surface area contributed by atoms with Gasteiger partial charge >= 0.3 is 0 Å². The lowest BCUT2D eigenvalue weighted by Gasteiger charge is -2.35. The maximum absolute atomic E-state index is 11.9. The van der Waals surface area contributed by atoms with E-state index in [0.717, 1.165) is 34.1 Å². The Morgan fingerprint density at radius 2 is 1.68 bits per heavy atom. The number of hydrogen-bond acceptors (Lipinski definition) is 4. The predicted molar refractivity (Wildman–Crippen MR) is 128 cm³/mol. The van der Waals surface area contributed by atoms with E-state index in [1.807, 2.05) is 19.2 Å². The first-order valence-electron chi connectivity index (χ1n) is 10.5. The molecule has 0 amide bonds. The Morgan fingerprint density at radius 3 is 2.35 bits per heavy atom. The molecule has 1 heterocycles. The molecule has 0 saturated carbocycles. The van der Waals surface area contributed by atoms with Crippen LogP contribution in [0.15, 0.2) is 63.8 Å². The molecule has 160 valence electrons. The average molecular weight is 433 g/mol. The predicted octanol–water partition coefficient (Wildman–Crippen LogP) is 6.10. The Morgan fingerprint density at radius 1 is 0.968 bits per heavy atom. The molecule has 2 aromatic carbocycles. The summed E-state index contributed by atoms with van der Waals surface area (Å²) in [4.78, 5) is 22.6. The van der Waals surface area contributed by atoms with Crippen molar-refractivity contribution in [2.24, 2.45) is 0 Å². The van der Waals surface area contributed by atoms with Gasteiger partial charge in [-0.25, -0.2) is 0 Å². The number of aryl methyl sites for hydroxylation is 1. The molecule has 0 radical (unpaired) electrons.